The maximum Gasteiger partial charge on any atom is 0.417 e. The van der Waals surface area contributed by atoms with Crippen LogP contribution in [0.3, 0.4) is 0 Å². The number of hydrogen-bond donors (Lipinski definition) is 1. The van der Waals surface area contributed by atoms with Crippen molar-refractivity contribution in [3.8, 4) is 0 Å². The summed E-state index contributed by atoms with van der Waals surface area (Å²) in [7, 11) is 0. The van der Waals surface area contributed by atoms with E-state index in [1.165, 1.54) is 6.07 Å². The Labute approximate surface area is 161 Å². The summed E-state index contributed by atoms with van der Waals surface area (Å²) in [6.07, 6.45) is -2.86. The molecule has 28 heavy (non-hydrogen) atoms. The zero-order chi connectivity index (χ0) is 20.3. The average molecular weight is 396 g/mol. The Kier molecular flexibility index (Phi) is 5.81. The molecule has 1 aliphatic rings. The second-order valence-corrected chi connectivity index (χ2v) is 6.85. The monoisotopic (exact) mass is 396 g/mol. The van der Waals surface area contributed by atoms with Gasteiger partial charge < -0.3 is 19.5 Å². The summed E-state index contributed by atoms with van der Waals surface area (Å²) in [5, 5.41) is 2.92. The highest BCUT2D eigenvalue weighted by Gasteiger charge is 2.31. The second-order valence-electron chi connectivity index (χ2n) is 6.85. The van der Waals surface area contributed by atoms with E-state index in [9.17, 15) is 18.0 Å². The van der Waals surface area contributed by atoms with Gasteiger partial charge in [-0.1, -0.05) is 0 Å². The number of carbonyl (C=O) groups is 1. The first kappa shape index (κ1) is 20.0. The van der Waals surface area contributed by atoms with Gasteiger partial charge in [0.15, 0.2) is 0 Å². The molecule has 6 nitrogen and oxygen atoms in total. The number of anilines is 1. The fourth-order valence-corrected chi connectivity index (χ4v) is 3.12. The average Bonchev–Trinajstić information content (AvgIpc) is 2.93. The van der Waals surface area contributed by atoms with Crippen LogP contribution in [0, 0.1) is 6.92 Å². The van der Waals surface area contributed by atoms with Crippen molar-refractivity contribution in [2.45, 2.75) is 32.5 Å². The van der Waals surface area contributed by atoms with E-state index in [4.69, 9.17) is 4.42 Å². The normalized spacial score (nSPS) is 16.6. The van der Waals surface area contributed by atoms with Crippen LogP contribution >= 0.6 is 0 Å². The van der Waals surface area contributed by atoms with E-state index in [1.54, 1.807) is 4.90 Å². The molecule has 0 bridgehead atoms. The number of rotatable bonds is 3. The number of nitrogens with one attached hydrogen (secondary N) is 1. The summed E-state index contributed by atoms with van der Waals surface area (Å²) in [5.74, 6) is 1.96. The van der Waals surface area contributed by atoms with E-state index in [1.807, 2.05) is 30.9 Å². The third-order valence-corrected chi connectivity index (χ3v) is 4.71. The van der Waals surface area contributed by atoms with E-state index in [0.717, 1.165) is 18.0 Å². The van der Waals surface area contributed by atoms with Gasteiger partial charge in [0.2, 0.25) is 0 Å². The summed E-state index contributed by atoms with van der Waals surface area (Å²) in [4.78, 5) is 20.1. The standard InChI is InChI=1S/C19H23F3N4O2/c1-13-4-6-16(28-13)14(2)24-18(27)26-9-3-8-25(10-11-26)17-7-5-15(12-23-17)19(20,21)22/h4-7,12,14H,3,8-11H2,1-2H3,(H,24,27). The van der Waals surface area contributed by atoms with Gasteiger partial charge in [-0.3, -0.25) is 0 Å². The molecule has 152 valence electrons. The minimum absolute atomic E-state index is 0.191. The van der Waals surface area contributed by atoms with Gasteiger partial charge in [-0.15, -0.1) is 0 Å². The number of carbonyl (C=O) groups excluding carboxylic acids is 1. The van der Waals surface area contributed by atoms with Crippen molar-refractivity contribution in [3.05, 3.63) is 47.5 Å². The number of aromatic nitrogens is 1. The molecule has 1 aliphatic heterocycles. The number of hydrogen-bond acceptors (Lipinski definition) is 4. The van der Waals surface area contributed by atoms with Crippen LogP contribution in [-0.4, -0.2) is 42.1 Å². The Morgan fingerprint density at radius 3 is 2.57 bits per heavy atom. The molecular formula is C19H23F3N4O2. The largest absolute Gasteiger partial charge is 0.464 e. The number of amides is 2. The van der Waals surface area contributed by atoms with Crippen LogP contribution in [0.2, 0.25) is 0 Å². The maximum atomic E-state index is 12.7. The Balaban J connectivity index is 1.57. The number of halogens is 3. The first-order valence-electron chi connectivity index (χ1n) is 9.14. The Morgan fingerprint density at radius 2 is 1.96 bits per heavy atom. The molecule has 3 heterocycles. The molecule has 2 amide bonds. The number of nitrogens with zero attached hydrogens (tertiary/aromatic N) is 3. The van der Waals surface area contributed by atoms with E-state index >= 15 is 0 Å². The summed E-state index contributed by atoms with van der Waals surface area (Å²) >= 11 is 0. The van der Waals surface area contributed by atoms with E-state index in [2.05, 4.69) is 10.3 Å². The van der Waals surface area contributed by atoms with E-state index in [0.29, 0.717) is 44.2 Å². The number of pyridine rings is 1. The minimum atomic E-state index is -4.40. The summed E-state index contributed by atoms with van der Waals surface area (Å²) < 4.78 is 43.6. The highest BCUT2D eigenvalue weighted by Crippen LogP contribution is 2.29. The van der Waals surface area contributed by atoms with Gasteiger partial charge >= 0.3 is 12.2 Å². The lowest BCUT2D eigenvalue weighted by molar-refractivity contribution is -0.137. The van der Waals surface area contributed by atoms with Gasteiger partial charge in [-0.05, 0) is 44.5 Å². The van der Waals surface area contributed by atoms with Crippen molar-refractivity contribution in [1.82, 2.24) is 15.2 Å². The van der Waals surface area contributed by atoms with Gasteiger partial charge in [-0.2, -0.15) is 13.2 Å². The van der Waals surface area contributed by atoms with E-state index in [-0.39, 0.29) is 12.1 Å². The third kappa shape index (κ3) is 4.76. The van der Waals surface area contributed by atoms with Gasteiger partial charge in [0.25, 0.3) is 0 Å². The van der Waals surface area contributed by atoms with Crippen LogP contribution < -0.4 is 10.2 Å². The molecule has 0 aliphatic carbocycles. The lowest BCUT2D eigenvalue weighted by atomic mass is 10.2. The van der Waals surface area contributed by atoms with Crippen LogP contribution in [0.4, 0.5) is 23.8 Å². The van der Waals surface area contributed by atoms with Gasteiger partial charge in [0, 0.05) is 32.4 Å². The number of aryl methyl sites for hydroxylation is 1. The SMILES string of the molecule is Cc1ccc(C(C)NC(=O)N2CCCN(c3ccc(C(F)(F)F)cn3)CC2)o1. The first-order valence-corrected chi connectivity index (χ1v) is 9.14. The second kappa shape index (κ2) is 8.12. The maximum absolute atomic E-state index is 12.7. The molecule has 9 heteroatoms. The smallest absolute Gasteiger partial charge is 0.417 e. The summed E-state index contributed by atoms with van der Waals surface area (Å²) in [6, 6.07) is 5.64. The van der Waals surface area contributed by atoms with Crippen molar-refractivity contribution in [1.29, 1.82) is 0 Å². The first-order chi connectivity index (χ1) is 13.2. The zero-order valence-corrected chi connectivity index (χ0v) is 15.8. The number of urea groups is 1. The molecule has 0 spiro atoms. The zero-order valence-electron chi connectivity index (χ0n) is 15.8. The molecule has 0 aromatic carbocycles. The fraction of sp³-hybridized carbons (Fsp3) is 0.474. The number of alkyl halides is 3. The minimum Gasteiger partial charge on any atom is -0.464 e. The van der Waals surface area contributed by atoms with Crippen molar-refractivity contribution >= 4 is 11.8 Å². The molecule has 0 radical (unpaired) electrons. The van der Waals surface area contributed by atoms with Crippen molar-refractivity contribution in [2.24, 2.45) is 0 Å². The third-order valence-electron chi connectivity index (χ3n) is 4.71. The summed E-state index contributed by atoms with van der Waals surface area (Å²) in [5.41, 5.74) is -0.769. The number of furan rings is 1. The lowest BCUT2D eigenvalue weighted by Crippen LogP contribution is -2.43. The van der Waals surface area contributed by atoms with Crippen LogP contribution in [0.1, 0.15) is 36.5 Å². The Hall–Kier alpha value is -2.71. The predicted molar refractivity (Wildman–Crippen MR) is 98.0 cm³/mol. The Bertz CT molecular complexity index is 804. The molecule has 3 rings (SSSR count). The van der Waals surface area contributed by atoms with Crippen molar-refractivity contribution < 1.29 is 22.4 Å². The van der Waals surface area contributed by atoms with Gasteiger partial charge in [-0.25, -0.2) is 9.78 Å². The molecule has 1 N–H and O–H groups in total. The molecule has 1 saturated heterocycles. The van der Waals surface area contributed by atoms with Crippen LogP contribution in [0.25, 0.3) is 0 Å². The molecule has 1 unspecified atom stereocenters. The van der Waals surface area contributed by atoms with Crippen LogP contribution in [0.15, 0.2) is 34.9 Å². The lowest BCUT2D eigenvalue weighted by Gasteiger charge is -2.24. The van der Waals surface area contributed by atoms with Crippen LogP contribution in [-0.2, 0) is 6.18 Å². The highest BCUT2D eigenvalue weighted by molar-refractivity contribution is 5.74. The van der Waals surface area contributed by atoms with Crippen LogP contribution in [0.5, 0.6) is 0 Å². The molecule has 1 atom stereocenters. The molecular weight excluding hydrogens is 373 g/mol. The molecule has 2 aromatic heterocycles. The Morgan fingerprint density at radius 1 is 1.18 bits per heavy atom. The van der Waals surface area contributed by atoms with Gasteiger partial charge in [0.1, 0.15) is 17.3 Å². The fourth-order valence-electron chi connectivity index (χ4n) is 3.12. The van der Waals surface area contributed by atoms with Crippen molar-refractivity contribution in [3.63, 3.8) is 0 Å². The van der Waals surface area contributed by atoms with E-state index < -0.39 is 11.7 Å². The molecule has 1 fully saturated rings. The predicted octanol–water partition coefficient (Wildman–Crippen LogP) is 3.98. The van der Waals surface area contributed by atoms with Crippen molar-refractivity contribution in [2.75, 3.05) is 31.1 Å². The highest BCUT2D eigenvalue weighted by atomic mass is 19.4. The molecule has 0 saturated carbocycles. The molecule has 2 aromatic rings. The quantitative estimate of drug-likeness (QED) is 0.852. The summed E-state index contributed by atoms with van der Waals surface area (Å²) in [6.45, 7) is 5.84. The topological polar surface area (TPSA) is 61.6 Å². The van der Waals surface area contributed by atoms with Gasteiger partial charge in [0.05, 0.1) is 11.6 Å².